The first-order chi connectivity index (χ1) is 23.3. The molecule has 9 aromatic carbocycles. The average molecular weight is 597 g/mol. The van der Waals surface area contributed by atoms with Crippen LogP contribution in [-0.4, -0.2) is 0 Å². The van der Waals surface area contributed by atoms with Gasteiger partial charge in [-0.2, -0.15) is 0 Å². The zero-order chi connectivity index (χ0) is 30.9. The summed E-state index contributed by atoms with van der Waals surface area (Å²) in [5, 5.41) is 12.3. The molecule has 0 aliphatic carbocycles. The third-order valence-corrected chi connectivity index (χ3v) is 9.82. The highest BCUT2D eigenvalue weighted by atomic mass is 16.3. The van der Waals surface area contributed by atoms with Gasteiger partial charge in [-0.1, -0.05) is 146 Å². The van der Waals surface area contributed by atoms with Crippen LogP contribution in [0.2, 0.25) is 0 Å². The summed E-state index contributed by atoms with van der Waals surface area (Å²) in [6, 6.07) is 61.6. The molecule has 0 fully saturated rings. The second-order valence-electron chi connectivity index (χ2n) is 12.4. The SMILES string of the molecule is c1cc(-c2c3ccccc3c(-c3cccc4ccccc34)c3ccccc23)cc(-c2cccc3oc4cc5ccccc5cc4c23)c1. The van der Waals surface area contributed by atoms with E-state index < -0.39 is 0 Å². The van der Waals surface area contributed by atoms with Crippen molar-refractivity contribution in [2.24, 2.45) is 0 Å². The molecule has 0 aliphatic rings. The number of benzene rings is 9. The number of rotatable bonds is 3. The van der Waals surface area contributed by atoms with Gasteiger partial charge in [-0.05, 0) is 101 Å². The van der Waals surface area contributed by atoms with Crippen molar-refractivity contribution < 1.29 is 4.42 Å². The maximum atomic E-state index is 6.44. The predicted molar refractivity (Wildman–Crippen MR) is 200 cm³/mol. The van der Waals surface area contributed by atoms with E-state index in [4.69, 9.17) is 4.42 Å². The topological polar surface area (TPSA) is 13.1 Å². The third kappa shape index (κ3) is 3.97. The molecule has 0 spiro atoms. The van der Waals surface area contributed by atoms with Crippen LogP contribution in [0.25, 0.3) is 98.4 Å². The third-order valence-electron chi connectivity index (χ3n) is 9.82. The molecular formula is C46H28O. The van der Waals surface area contributed by atoms with Crippen molar-refractivity contribution in [1.82, 2.24) is 0 Å². The minimum absolute atomic E-state index is 0.911. The van der Waals surface area contributed by atoms with Gasteiger partial charge >= 0.3 is 0 Å². The van der Waals surface area contributed by atoms with Crippen LogP contribution in [0.4, 0.5) is 0 Å². The largest absolute Gasteiger partial charge is 0.456 e. The summed E-state index contributed by atoms with van der Waals surface area (Å²) in [6.07, 6.45) is 0. The van der Waals surface area contributed by atoms with Crippen molar-refractivity contribution in [3.8, 4) is 33.4 Å². The fraction of sp³-hybridized carbons (Fsp3) is 0. The van der Waals surface area contributed by atoms with Gasteiger partial charge in [-0.15, -0.1) is 0 Å². The van der Waals surface area contributed by atoms with Gasteiger partial charge in [0.1, 0.15) is 11.2 Å². The van der Waals surface area contributed by atoms with Gasteiger partial charge in [-0.25, -0.2) is 0 Å². The minimum Gasteiger partial charge on any atom is -0.456 e. The molecule has 1 aromatic heterocycles. The molecule has 0 atom stereocenters. The van der Waals surface area contributed by atoms with Gasteiger partial charge in [0, 0.05) is 10.8 Å². The molecule has 0 saturated heterocycles. The van der Waals surface area contributed by atoms with Crippen LogP contribution in [0.15, 0.2) is 174 Å². The Bertz CT molecular complexity index is 2790. The van der Waals surface area contributed by atoms with Gasteiger partial charge in [0.25, 0.3) is 0 Å². The van der Waals surface area contributed by atoms with Crippen molar-refractivity contribution in [3.63, 3.8) is 0 Å². The molecule has 10 rings (SSSR count). The van der Waals surface area contributed by atoms with Crippen LogP contribution in [0, 0.1) is 0 Å². The Hall–Kier alpha value is -6.18. The normalized spacial score (nSPS) is 11.8. The minimum atomic E-state index is 0.911. The van der Waals surface area contributed by atoms with E-state index in [2.05, 4.69) is 170 Å². The summed E-state index contributed by atoms with van der Waals surface area (Å²) < 4.78 is 6.44. The highest BCUT2D eigenvalue weighted by molar-refractivity contribution is 6.24. The van der Waals surface area contributed by atoms with Crippen molar-refractivity contribution in [2.75, 3.05) is 0 Å². The molecule has 1 nitrogen and oxygen atoms in total. The molecule has 0 saturated carbocycles. The van der Waals surface area contributed by atoms with Crippen LogP contribution >= 0.6 is 0 Å². The smallest absolute Gasteiger partial charge is 0.136 e. The van der Waals surface area contributed by atoms with Crippen LogP contribution in [0.1, 0.15) is 0 Å². The molecule has 218 valence electrons. The molecule has 47 heavy (non-hydrogen) atoms. The molecular weight excluding hydrogens is 569 g/mol. The van der Waals surface area contributed by atoms with E-state index in [1.165, 1.54) is 76.5 Å². The Morgan fingerprint density at radius 2 is 0.830 bits per heavy atom. The summed E-state index contributed by atoms with van der Waals surface area (Å²) in [7, 11) is 0. The summed E-state index contributed by atoms with van der Waals surface area (Å²) in [5.74, 6) is 0. The Morgan fingerprint density at radius 1 is 0.298 bits per heavy atom. The number of hydrogen-bond acceptors (Lipinski definition) is 1. The van der Waals surface area contributed by atoms with E-state index in [0.717, 1.165) is 21.9 Å². The summed E-state index contributed by atoms with van der Waals surface area (Å²) in [5.41, 5.74) is 9.20. The molecule has 0 unspecified atom stereocenters. The van der Waals surface area contributed by atoms with Crippen LogP contribution in [0.5, 0.6) is 0 Å². The van der Waals surface area contributed by atoms with E-state index in [9.17, 15) is 0 Å². The van der Waals surface area contributed by atoms with Gasteiger partial charge < -0.3 is 4.42 Å². The first kappa shape index (κ1) is 26.1. The lowest BCUT2D eigenvalue weighted by molar-refractivity contribution is 0.669. The lowest BCUT2D eigenvalue weighted by Gasteiger charge is -2.19. The maximum Gasteiger partial charge on any atom is 0.136 e. The summed E-state index contributed by atoms with van der Waals surface area (Å²) in [4.78, 5) is 0. The Balaban J connectivity index is 1.25. The van der Waals surface area contributed by atoms with E-state index in [-0.39, 0.29) is 0 Å². The summed E-state index contributed by atoms with van der Waals surface area (Å²) >= 11 is 0. The van der Waals surface area contributed by atoms with Crippen LogP contribution < -0.4 is 0 Å². The highest BCUT2D eigenvalue weighted by Gasteiger charge is 2.19. The molecule has 0 N–H and O–H groups in total. The number of furan rings is 1. The molecule has 0 aliphatic heterocycles. The molecule has 0 radical (unpaired) electrons. The van der Waals surface area contributed by atoms with Gasteiger partial charge in [-0.3, -0.25) is 0 Å². The van der Waals surface area contributed by atoms with E-state index in [0.29, 0.717) is 0 Å². The fourth-order valence-electron chi connectivity index (χ4n) is 7.77. The Morgan fingerprint density at radius 3 is 1.57 bits per heavy atom. The second-order valence-corrected chi connectivity index (χ2v) is 12.4. The molecule has 1 heteroatoms. The monoisotopic (exact) mass is 596 g/mol. The Labute approximate surface area is 271 Å². The highest BCUT2D eigenvalue weighted by Crippen LogP contribution is 2.46. The maximum absolute atomic E-state index is 6.44. The van der Waals surface area contributed by atoms with Crippen LogP contribution in [0.3, 0.4) is 0 Å². The predicted octanol–water partition coefficient (Wildman–Crippen LogP) is 13.2. The quantitative estimate of drug-likeness (QED) is 0.185. The van der Waals surface area contributed by atoms with E-state index >= 15 is 0 Å². The van der Waals surface area contributed by atoms with E-state index in [1.54, 1.807) is 0 Å². The van der Waals surface area contributed by atoms with Crippen LogP contribution in [-0.2, 0) is 0 Å². The zero-order valence-corrected chi connectivity index (χ0v) is 25.6. The van der Waals surface area contributed by atoms with Crippen molar-refractivity contribution in [3.05, 3.63) is 170 Å². The molecule has 10 aromatic rings. The molecule has 0 bridgehead atoms. The standard InChI is InChI=1S/C46H28O/c1-2-14-31-28-43-41(27-30(31)13-1)46-35(23-11-25-42(46)47-43)32-16-9-17-33(26-32)44-37-19-5-7-21-39(37)45(40-22-8-6-20-38(40)44)36-24-10-15-29-12-3-4-18-34(29)36/h1-28H. The lowest BCUT2D eigenvalue weighted by atomic mass is 9.84. The first-order valence-electron chi connectivity index (χ1n) is 16.2. The van der Waals surface area contributed by atoms with Crippen molar-refractivity contribution in [2.45, 2.75) is 0 Å². The van der Waals surface area contributed by atoms with Crippen molar-refractivity contribution >= 4 is 65.0 Å². The molecule has 0 amide bonds. The van der Waals surface area contributed by atoms with Gasteiger partial charge in [0.05, 0.1) is 0 Å². The fourth-order valence-corrected chi connectivity index (χ4v) is 7.77. The average Bonchev–Trinajstić information content (AvgIpc) is 3.50. The number of hydrogen-bond donors (Lipinski definition) is 0. The summed E-state index contributed by atoms with van der Waals surface area (Å²) in [6.45, 7) is 0. The first-order valence-corrected chi connectivity index (χ1v) is 16.2. The van der Waals surface area contributed by atoms with E-state index in [1.807, 2.05) is 0 Å². The molecule has 1 heterocycles. The van der Waals surface area contributed by atoms with Gasteiger partial charge in [0.15, 0.2) is 0 Å². The zero-order valence-electron chi connectivity index (χ0n) is 25.6. The second kappa shape index (κ2) is 10.2. The Kier molecular flexibility index (Phi) is 5.64. The lowest BCUT2D eigenvalue weighted by Crippen LogP contribution is -1.92. The number of fused-ring (bicyclic) bond motifs is 7. The van der Waals surface area contributed by atoms with Gasteiger partial charge in [0.2, 0.25) is 0 Å². The van der Waals surface area contributed by atoms with Crippen molar-refractivity contribution in [1.29, 1.82) is 0 Å².